The number of carbonyl (C=O) groups excluding carboxylic acids is 3. The van der Waals surface area contributed by atoms with Gasteiger partial charge >= 0.3 is 5.97 Å². The maximum Gasteiger partial charge on any atom is 0.338 e. The lowest BCUT2D eigenvalue weighted by Crippen LogP contribution is -2.35. The summed E-state index contributed by atoms with van der Waals surface area (Å²) in [5.74, 6) is -0.339. The van der Waals surface area contributed by atoms with E-state index in [1.54, 1.807) is 48.5 Å². The maximum atomic E-state index is 12.6. The van der Waals surface area contributed by atoms with Crippen molar-refractivity contribution >= 4 is 29.5 Å². The summed E-state index contributed by atoms with van der Waals surface area (Å²) >= 11 is 0. The van der Waals surface area contributed by atoms with Gasteiger partial charge in [0.25, 0.3) is 11.8 Å². The molecule has 2 amide bonds. The molecule has 1 saturated heterocycles. The highest BCUT2D eigenvalue weighted by Crippen LogP contribution is 2.29. The molecule has 7 heteroatoms. The zero-order valence-electron chi connectivity index (χ0n) is 15.0. The predicted octanol–water partition coefficient (Wildman–Crippen LogP) is 3.08. The normalized spacial score (nSPS) is 16.9. The Morgan fingerprint density at radius 1 is 0.966 bits per heavy atom. The van der Waals surface area contributed by atoms with Crippen LogP contribution in [0.15, 0.2) is 70.7 Å². The van der Waals surface area contributed by atoms with Crippen LogP contribution >= 0.6 is 0 Å². The Morgan fingerprint density at radius 3 is 2.62 bits per heavy atom. The summed E-state index contributed by atoms with van der Waals surface area (Å²) in [6, 6.07) is 17.6. The second kappa shape index (κ2) is 6.49. The monoisotopic (exact) mass is 386 g/mol. The molecule has 0 atom stereocenters. The van der Waals surface area contributed by atoms with Crippen LogP contribution < -0.4 is 10.4 Å². The van der Waals surface area contributed by atoms with Crippen molar-refractivity contribution in [1.29, 1.82) is 0 Å². The average molecular weight is 386 g/mol. The molecule has 0 radical (unpaired) electrons. The largest absolute Gasteiger partial charge is 0.457 e. The number of cyclic esters (lactones) is 1. The number of esters is 1. The van der Waals surface area contributed by atoms with Gasteiger partial charge in [0.1, 0.15) is 23.7 Å². The Labute approximate surface area is 165 Å². The number of rotatable bonds is 3. The van der Waals surface area contributed by atoms with E-state index >= 15 is 0 Å². The quantitative estimate of drug-likeness (QED) is 0.425. The van der Waals surface area contributed by atoms with Crippen molar-refractivity contribution in [3.05, 3.63) is 83.1 Å². The van der Waals surface area contributed by atoms with Crippen molar-refractivity contribution < 1.29 is 23.5 Å². The number of nitrogens with zero attached hydrogens (tertiary/aromatic N) is 1. The Bertz CT molecular complexity index is 1190. The SMILES string of the molecule is O=C1NN(c2ccccc2)C(=O)/C1=C\c1ccc(-c2ccc3c(c2)COC3=O)o1. The van der Waals surface area contributed by atoms with E-state index in [2.05, 4.69) is 5.43 Å². The number of anilines is 1. The average Bonchev–Trinajstić information content (AvgIpc) is 3.43. The van der Waals surface area contributed by atoms with Crippen LogP contribution in [-0.2, 0) is 20.9 Å². The van der Waals surface area contributed by atoms with E-state index in [0.29, 0.717) is 22.8 Å². The molecule has 0 bridgehead atoms. The molecule has 2 aromatic carbocycles. The molecule has 1 aromatic heterocycles. The summed E-state index contributed by atoms with van der Waals surface area (Å²) in [4.78, 5) is 36.5. The van der Waals surface area contributed by atoms with Gasteiger partial charge in [0, 0.05) is 11.1 Å². The number of fused-ring (bicyclic) bond motifs is 1. The van der Waals surface area contributed by atoms with Gasteiger partial charge in [-0.1, -0.05) is 24.3 Å². The van der Waals surface area contributed by atoms with Gasteiger partial charge < -0.3 is 9.15 Å². The van der Waals surface area contributed by atoms with Crippen molar-refractivity contribution in [3.63, 3.8) is 0 Å². The Hall–Kier alpha value is -4.13. The van der Waals surface area contributed by atoms with Crippen LogP contribution in [0.25, 0.3) is 17.4 Å². The second-order valence-electron chi connectivity index (χ2n) is 6.63. The van der Waals surface area contributed by atoms with E-state index in [9.17, 15) is 14.4 Å². The van der Waals surface area contributed by atoms with Crippen molar-refractivity contribution in [1.82, 2.24) is 5.43 Å². The van der Waals surface area contributed by atoms with Crippen LogP contribution in [0.2, 0.25) is 0 Å². The highest BCUT2D eigenvalue weighted by molar-refractivity contribution is 6.31. The molecular weight excluding hydrogens is 372 g/mol. The first-order valence-electron chi connectivity index (χ1n) is 8.92. The molecule has 1 fully saturated rings. The minimum absolute atomic E-state index is 0.0114. The van der Waals surface area contributed by atoms with Crippen LogP contribution in [0.5, 0.6) is 0 Å². The van der Waals surface area contributed by atoms with E-state index in [-0.39, 0.29) is 18.1 Å². The third-order valence-corrected chi connectivity index (χ3v) is 4.79. The lowest BCUT2D eigenvalue weighted by Gasteiger charge is -2.13. The number of ether oxygens (including phenoxy) is 1. The fourth-order valence-electron chi connectivity index (χ4n) is 3.33. The number of nitrogens with one attached hydrogen (secondary N) is 1. The van der Waals surface area contributed by atoms with E-state index in [1.807, 2.05) is 12.1 Å². The Balaban J connectivity index is 1.42. The molecular formula is C22H14N2O5. The van der Waals surface area contributed by atoms with E-state index in [4.69, 9.17) is 9.15 Å². The van der Waals surface area contributed by atoms with Crippen LogP contribution in [0.1, 0.15) is 21.7 Å². The summed E-state index contributed by atoms with van der Waals surface area (Å²) in [5.41, 5.74) is 5.24. The minimum atomic E-state index is -0.495. The van der Waals surface area contributed by atoms with Crippen LogP contribution in [0, 0.1) is 0 Å². The molecule has 0 saturated carbocycles. The Kier molecular flexibility index (Phi) is 3.80. The summed E-state index contributed by atoms with van der Waals surface area (Å²) in [5, 5.41) is 1.20. The van der Waals surface area contributed by atoms with Gasteiger partial charge in [-0.2, -0.15) is 0 Å². The number of para-hydroxylation sites is 1. The van der Waals surface area contributed by atoms with Crippen molar-refractivity contribution in [2.24, 2.45) is 0 Å². The molecule has 29 heavy (non-hydrogen) atoms. The van der Waals surface area contributed by atoms with Crippen molar-refractivity contribution in [2.75, 3.05) is 5.01 Å². The zero-order chi connectivity index (χ0) is 20.0. The van der Waals surface area contributed by atoms with Gasteiger partial charge in [-0.25, -0.2) is 9.80 Å². The fourth-order valence-corrected chi connectivity index (χ4v) is 3.33. The van der Waals surface area contributed by atoms with Crippen LogP contribution in [0.3, 0.4) is 0 Å². The third kappa shape index (κ3) is 2.89. The highest BCUT2D eigenvalue weighted by Gasteiger charge is 2.34. The molecule has 3 heterocycles. The first-order chi connectivity index (χ1) is 14.1. The minimum Gasteiger partial charge on any atom is -0.457 e. The summed E-state index contributed by atoms with van der Waals surface area (Å²) < 4.78 is 10.8. The predicted molar refractivity (Wildman–Crippen MR) is 103 cm³/mol. The van der Waals surface area contributed by atoms with Crippen LogP contribution in [0.4, 0.5) is 5.69 Å². The van der Waals surface area contributed by atoms with Crippen molar-refractivity contribution in [3.8, 4) is 11.3 Å². The highest BCUT2D eigenvalue weighted by atomic mass is 16.5. The number of benzene rings is 2. The molecule has 0 spiro atoms. The number of hydrogen-bond donors (Lipinski definition) is 1. The molecule has 2 aliphatic heterocycles. The smallest absolute Gasteiger partial charge is 0.338 e. The molecule has 1 N–H and O–H groups in total. The van der Waals surface area contributed by atoms with Gasteiger partial charge in [0.2, 0.25) is 0 Å². The molecule has 142 valence electrons. The summed E-state index contributed by atoms with van der Waals surface area (Å²) in [7, 11) is 0. The summed E-state index contributed by atoms with van der Waals surface area (Å²) in [6.07, 6.45) is 1.42. The first-order valence-corrected chi connectivity index (χ1v) is 8.92. The van der Waals surface area contributed by atoms with Gasteiger partial charge in [0.15, 0.2) is 0 Å². The number of hydrogen-bond acceptors (Lipinski definition) is 5. The number of carbonyl (C=O) groups is 3. The molecule has 0 unspecified atom stereocenters. The van der Waals surface area contributed by atoms with E-state index in [0.717, 1.165) is 11.1 Å². The molecule has 2 aliphatic rings. The second-order valence-corrected chi connectivity index (χ2v) is 6.63. The van der Waals surface area contributed by atoms with Gasteiger partial charge in [0.05, 0.1) is 11.3 Å². The van der Waals surface area contributed by atoms with E-state index in [1.165, 1.54) is 11.1 Å². The maximum absolute atomic E-state index is 12.6. The summed E-state index contributed by atoms with van der Waals surface area (Å²) in [6.45, 7) is 0.240. The molecule has 3 aromatic rings. The fraction of sp³-hybridized carbons (Fsp3) is 0.0455. The van der Waals surface area contributed by atoms with Gasteiger partial charge in [-0.3, -0.25) is 15.0 Å². The topological polar surface area (TPSA) is 88.9 Å². The van der Waals surface area contributed by atoms with Gasteiger partial charge in [-0.15, -0.1) is 0 Å². The van der Waals surface area contributed by atoms with Crippen LogP contribution in [-0.4, -0.2) is 17.8 Å². The number of furan rings is 1. The van der Waals surface area contributed by atoms with E-state index < -0.39 is 11.8 Å². The molecule has 0 aliphatic carbocycles. The first kappa shape index (κ1) is 17.0. The zero-order valence-corrected chi connectivity index (χ0v) is 15.0. The third-order valence-electron chi connectivity index (χ3n) is 4.79. The molecule has 7 nitrogen and oxygen atoms in total. The number of amides is 2. The Morgan fingerprint density at radius 2 is 1.79 bits per heavy atom. The van der Waals surface area contributed by atoms with Gasteiger partial charge in [-0.05, 0) is 42.5 Å². The lowest BCUT2D eigenvalue weighted by atomic mass is 10.0. The molecule has 5 rings (SSSR count). The number of hydrazine groups is 1. The van der Waals surface area contributed by atoms with Crippen molar-refractivity contribution in [2.45, 2.75) is 6.61 Å². The standard InChI is InChI=1S/C22H14N2O5/c25-20-18(21(26)24(23-20)15-4-2-1-3-5-15)11-16-7-9-19(29-16)13-6-8-17-14(10-13)12-28-22(17)27/h1-11H,12H2,(H,23,25)/b18-11-. The lowest BCUT2D eigenvalue weighted by molar-refractivity contribution is -0.117.